The lowest BCUT2D eigenvalue weighted by atomic mass is 10.1. The maximum atomic E-state index is 12.9. The molecule has 0 saturated heterocycles. The van der Waals surface area contributed by atoms with E-state index in [1.807, 2.05) is 32.8 Å². The summed E-state index contributed by atoms with van der Waals surface area (Å²) in [6, 6.07) is 8.18. The number of ether oxygens (including phenoxy) is 2. The number of nitrogens with zero attached hydrogens (tertiary/aromatic N) is 2. The number of carbonyl (C=O) groups is 1. The highest BCUT2D eigenvalue weighted by Gasteiger charge is 2.17. The first kappa shape index (κ1) is 23.7. The number of hydrogen-bond acceptors (Lipinski definition) is 6. The second-order valence-electron chi connectivity index (χ2n) is 8.15. The summed E-state index contributed by atoms with van der Waals surface area (Å²) in [7, 11) is 5.35. The van der Waals surface area contributed by atoms with E-state index in [1.54, 1.807) is 34.9 Å². The molecule has 0 radical (unpaired) electrons. The number of nitrogens with one attached hydrogen (secondary N) is 1. The maximum Gasteiger partial charge on any atom is 0.419 e. The number of rotatable bonds is 9. The molecule has 0 aliphatic rings. The molecule has 3 aromatic rings. The topological polar surface area (TPSA) is 85.9 Å². The normalized spacial score (nSPS) is 11.4. The van der Waals surface area contributed by atoms with E-state index in [2.05, 4.69) is 5.32 Å². The molecule has 0 saturated carbocycles. The van der Waals surface area contributed by atoms with Crippen molar-refractivity contribution in [3.05, 3.63) is 51.5 Å². The molecule has 0 aliphatic carbocycles. The summed E-state index contributed by atoms with van der Waals surface area (Å²) in [6.07, 6.45) is 0. The molecule has 1 heterocycles. The van der Waals surface area contributed by atoms with Gasteiger partial charge in [0, 0.05) is 24.3 Å². The molecule has 0 atom stereocenters. The quantitative estimate of drug-likeness (QED) is 0.516. The molecule has 8 nitrogen and oxygen atoms in total. The third kappa shape index (κ3) is 5.44. The van der Waals surface area contributed by atoms with Gasteiger partial charge < -0.3 is 24.1 Å². The smallest absolute Gasteiger partial charge is 0.419 e. The van der Waals surface area contributed by atoms with Crippen LogP contribution in [0.15, 0.2) is 39.5 Å². The number of anilines is 1. The summed E-state index contributed by atoms with van der Waals surface area (Å²) in [6.45, 7) is 5.68. The van der Waals surface area contributed by atoms with Crippen molar-refractivity contribution in [2.75, 3.05) is 39.7 Å². The number of likely N-dealkylation sites (N-methyl/N-ethyl adjacent to an activating group) is 1. The van der Waals surface area contributed by atoms with Crippen LogP contribution in [0.25, 0.3) is 11.1 Å². The number of methoxy groups -OCH3 is 1. The van der Waals surface area contributed by atoms with Gasteiger partial charge in [-0.1, -0.05) is 25.4 Å². The molecule has 0 fully saturated rings. The molecule has 2 aromatic carbocycles. The van der Waals surface area contributed by atoms with E-state index in [-0.39, 0.29) is 10.9 Å². The van der Waals surface area contributed by atoms with Gasteiger partial charge in [0.2, 0.25) is 0 Å². The van der Waals surface area contributed by atoms with Crippen molar-refractivity contribution in [1.29, 1.82) is 0 Å². The predicted octanol–water partition coefficient (Wildman–Crippen LogP) is 4.11. The number of benzene rings is 2. The van der Waals surface area contributed by atoms with Crippen LogP contribution in [0.2, 0.25) is 5.02 Å². The predicted molar refractivity (Wildman–Crippen MR) is 125 cm³/mol. The molecule has 32 heavy (non-hydrogen) atoms. The van der Waals surface area contributed by atoms with Crippen molar-refractivity contribution in [3.63, 3.8) is 0 Å². The number of carbonyl (C=O) groups excluding carboxylic acids is 1. The lowest BCUT2D eigenvalue weighted by Gasteiger charge is -2.15. The van der Waals surface area contributed by atoms with Gasteiger partial charge in [0.05, 0.1) is 24.3 Å². The van der Waals surface area contributed by atoms with E-state index in [0.717, 1.165) is 0 Å². The number of hydrogen-bond donors (Lipinski definition) is 1. The van der Waals surface area contributed by atoms with E-state index in [1.165, 1.54) is 7.11 Å². The standard InChI is InChI=1S/C23H28ClN3O5/c1-14(2)13-31-21-17(24)10-15(11-20(21)30-5)22(28)25-16-6-7-19-18(12-16)27(23(29)32-19)9-8-26(3)4/h6-7,10-12,14H,8-9,13H2,1-5H3,(H,25,28). The largest absolute Gasteiger partial charge is 0.493 e. The van der Waals surface area contributed by atoms with Crippen molar-refractivity contribution in [3.8, 4) is 11.5 Å². The van der Waals surface area contributed by atoms with Crippen LogP contribution in [0.3, 0.4) is 0 Å². The number of aromatic nitrogens is 1. The number of halogens is 1. The summed E-state index contributed by atoms with van der Waals surface area (Å²) in [5.74, 6) is 0.298. The van der Waals surface area contributed by atoms with Gasteiger partial charge in [-0.05, 0) is 50.3 Å². The third-order valence-electron chi connectivity index (χ3n) is 4.75. The van der Waals surface area contributed by atoms with Crippen LogP contribution in [0.1, 0.15) is 24.2 Å². The minimum Gasteiger partial charge on any atom is -0.493 e. The summed E-state index contributed by atoms with van der Waals surface area (Å²) >= 11 is 6.37. The summed E-state index contributed by atoms with van der Waals surface area (Å²) in [5.41, 5.74) is 1.92. The second-order valence-corrected chi connectivity index (χ2v) is 8.56. The lowest BCUT2D eigenvalue weighted by Crippen LogP contribution is -2.23. The molecule has 0 aliphatic heterocycles. The molecule has 3 rings (SSSR count). The highest BCUT2D eigenvalue weighted by molar-refractivity contribution is 6.32. The fourth-order valence-corrected chi connectivity index (χ4v) is 3.36. The summed E-state index contributed by atoms with van der Waals surface area (Å²) in [5, 5.41) is 3.13. The highest BCUT2D eigenvalue weighted by Crippen LogP contribution is 2.37. The molecule has 1 aromatic heterocycles. The van der Waals surface area contributed by atoms with E-state index in [0.29, 0.717) is 59.5 Å². The van der Waals surface area contributed by atoms with Crippen LogP contribution in [-0.2, 0) is 6.54 Å². The molecule has 0 spiro atoms. The number of fused-ring (bicyclic) bond motifs is 1. The van der Waals surface area contributed by atoms with Crippen LogP contribution >= 0.6 is 11.6 Å². The monoisotopic (exact) mass is 461 g/mol. The molecule has 1 N–H and O–H groups in total. The molecular formula is C23H28ClN3O5. The van der Waals surface area contributed by atoms with Gasteiger partial charge >= 0.3 is 5.76 Å². The van der Waals surface area contributed by atoms with Crippen LogP contribution in [0.4, 0.5) is 5.69 Å². The highest BCUT2D eigenvalue weighted by atomic mass is 35.5. The number of oxazole rings is 1. The molecular weight excluding hydrogens is 434 g/mol. The van der Waals surface area contributed by atoms with Gasteiger partial charge in [0.15, 0.2) is 17.1 Å². The average molecular weight is 462 g/mol. The Hall–Kier alpha value is -2.97. The van der Waals surface area contributed by atoms with Crippen LogP contribution in [0, 0.1) is 5.92 Å². The van der Waals surface area contributed by atoms with Crippen molar-refractivity contribution in [1.82, 2.24) is 9.47 Å². The molecule has 1 amide bonds. The summed E-state index contributed by atoms with van der Waals surface area (Å²) < 4.78 is 18.0. The zero-order valence-electron chi connectivity index (χ0n) is 18.9. The van der Waals surface area contributed by atoms with E-state index in [4.69, 9.17) is 25.5 Å². The van der Waals surface area contributed by atoms with E-state index < -0.39 is 5.76 Å². The van der Waals surface area contributed by atoms with E-state index >= 15 is 0 Å². The zero-order chi connectivity index (χ0) is 23.4. The lowest BCUT2D eigenvalue weighted by molar-refractivity contribution is 0.102. The van der Waals surface area contributed by atoms with Gasteiger partial charge in [-0.3, -0.25) is 9.36 Å². The first-order valence-electron chi connectivity index (χ1n) is 10.3. The van der Waals surface area contributed by atoms with Crippen molar-refractivity contribution in [2.24, 2.45) is 5.92 Å². The Morgan fingerprint density at radius 3 is 2.66 bits per heavy atom. The van der Waals surface area contributed by atoms with E-state index in [9.17, 15) is 9.59 Å². The Morgan fingerprint density at radius 1 is 1.25 bits per heavy atom. The van der Waals surface area contributed by atoms with Crippen molar-refractivity contribution in [2.45, 2.75) is 20.4 Å². The van der Waals surface area contributed by atoms with Crippen molar-refractivity contribution >= 4 is 34.3 Å². The summed E-state index contributed by atoms with van der Waals surface area (Å²) in [4.78, 5) is 27.1. The maximum absolute atomic E-state index is 12.9. The average Bonchev–Trinajstić information content (AvgIpc) is 3.04. The fraction of sp³-hybridized carbons (Fsp3) is 0.391. The van der Waals surface area contributed by atoms with Crippen molar-refractivity contribution < 1.29 is 18.7 Å². The van der Waals surface area contributed by atoms with Crippen LogP contribution in [0.5, 0.6) is 11.5 Å². The molecule has 0 unspecified atom stereocenters. The van der Waals surface area contributed by atoms with Gasteiger partial charge in [-0.2, -0.15) is 0 Å². The molecule has 0 bridgehead atoms. The fourth-order valence-electron chi connectivity index (χ4n) is 3.10. The van der Waals surface area contributed by atoms with Gasteiger partial charge in [0.1, 0.15) is 0 Å². The Kier molecular flexibility index (Phi) is 7.48. The number of amides is 1. The first-order valence-corrected chi connectivity index (χ1v) is 10.7. The van der Waals surface area contributed by atoms with Gasteiger partial charge in [-0.25, -0.2) is 4.79 Å². The Bertz CT molecular complexity index is 1170. The van der Waals surface area contributed by atoms with Gasteiger partial charge in [0.25, 0.3) is 5.91 Å². The Morgan fingerprint density at radius 2 is 2.00 bits per heavy atom. The minimum absolute atomic E-state index is 0.290. The zero-order valence-corrected chi connectivity index (χ0v) is 19.7. The Labute approximate surface area is 191 Å². The second kappa shape index (κ2) is 10.1. The molecule has 172 valence electrons. The third-order valence-corrected chi connectivity index (χ3v) is 5.03. The SMILES string of the molecule is COc1cc(C(=O)Nc2ccc3oc(=O)n(CCN(C)C)c3c2)cc(Cl)c1OCC(C)C. The minimum atomic E-state index is -0.432. The van der Waals surface area contributed by atoms with Crippen LogP contribution in [-0.4, -0.2) is 49.7 Å². The molecule has 9 heteroatoms. The van der Waals surface area contributed by atoms with Crippen LogP contribution < -0.4 is 20.5 Å². The first-order chi connectivity index (χ1) is 15.2. The van der Waals surface area contributed by atoms with Gasteiger partial charge in [-0.15, -0.1) is 0 Å². The Balaban J connectivity index is 1.85.